The highest BCUT2D eigenvalue weighted by molar-refractivity contribution is 7.86. The van der Waals surface area contributed by atoms with Crippen molar-refractivity contribution >= 4 is 22.1 Å². The maximum Gasteiger partial charge on any atom is 0.402 e. The second kappa shape index (κ2) is 8.24. The molecule has 5 saturated carbocycles. The predicted octanol–water partition coefficient (Wildman–Crippen LogP) is 3.58. The zero-order chi connectivity index (χ0) is 22.4. The van der Waals surface area contributed by atoms with Crippen LogP contribution in [-0.4, -0.2) is 43.4 Å². The summed E-state index contributed by atoms with van der Waals surface area (Å²) in [6.45, 7) is -1.44. The molecule has 0 aromatic rings. The van der Waals surface area contributed by atoms with Crippen molar-refractivity contribution in [3.63, 3.8) is 0 Å². The number of rotatable bonds is 7. The van der Waals surface area contributed by atoms with Crippen molar-refractivity contribution in [3.05, 3.63) is 0 Å². The van der Waals surface area contributed by atoms with E-state index in [0.717, 1.165) is 19.3 Å². The fourth-order valence-electron chi connectivity index (χ4n) is 6.83. The quantitative estimate of drug-likeness (QED) is 0.453. The van der Waals surface area contributed by atoms with Gasteiger partial charge in [-0.05, 0) is 69.1 Å². The highest BCUT2D eigenvalue weighted by Gasteiger charge is 2.52. The maximum absolute atomic E-state index is 13.4. The van der Waals surface area contributed by atoms with Crippen molar-refractivity contribution in [2.45, 2.75) is 69.5 Å². The molecule has 5 aliphatic carbocycles. The van der Waals surface area contributed by atoms with Crippen molar-refractivity contribution in [2.24, 2.45) is 35.0 Å². The molecule has 0 aromatic carbocycles. The number of halogens is 2. The van der Waals surface area contributed by atoms with Gasteiger partial charge in [0.2, 0.25) is 0 Å². The second-order valence-electron chi connectivity index (χ2n) is 10.2. The van der Waals surface area contributed by atoms with Gasteiger partial charge in [-0.25, -0.2) is 0 Å². The first kappa shape index (κ1) is 22.9. The van der Waals surface area contributed by atoms with Crippen LogP contribution in [0.4, 0.5) is 8.78 Å². The highest BCUT2D eigenvalue weighted by atomic mass is 32.2. The van der Waals surface area contributed by atoms with Gasteiger partial charge in [0.05, 0.1) is 18.4 Å². The summed E-state index contributed by atoms with van der Waals surface area (Å²) in [5.74, 6) is -1.14. The van der Waals surface area contributed by atoms with E-state index in [4.69, 9.17) is 9.29 Å². The summed E-state index contributed by atoms with van der Waals surface area (Å²) < 4.78 is 66.9. The van der Waals surface area contributed by atoms with Crippen LogP contribution in [0.3, 0.4) is 0 Å². The van der Waals surface area contributed by atoms with E-state index in [0.29, 0.717) is 43.6 Å². The molecule has 0 saturated heterocycles. The molecule has 5 rings (SSSR count). The first-order chi connectivity index (χ1) is 14.5. The Morgan fingerprint density at radius 1 is 0.903 bits per heavy atom. The fourth-order valence-corrected chi connectivity index (χ4v) is 7.04. The van der Waals surface area contributed by atoms with Crippen LogP contribution < -0.4 is 0 Å². The Hall–Kier alpha value is -1.29. The van der Waals surface area contributed by atoms with Gasteiger partial charge in [-0.15, -0.1) is 0 Å². The molecule has 0 radical (unpaired) electrons. The van der Waals surface area contributed by atoms with E-state index in [9.17, 15) is 26.8 Å². The van der Waals surface area contributed by atoms with Crippen molar-refractivity contribution in [1.82, 2.24) is 0 Å². The standard InChI is InChI=1S/C21H30F2O7S/c22-21(23,31(26,27)28)12-30-19(25)17-4-2-1-3-16(17)18(24)29-11-20-8-13-5-14(9-20)7-15(6-13)10-20/h13-17H,1-12H2,(H,26,27,28). The summed E-state index contributed by atoms with van der Waals surface area (Å²) in [5.41, 5.74) is 0.0344. The fraction of sp³-hybridized carbons (Fsp3) is 0.905. The van der Waals surface area contributed by atoms with Crippen LogP contribution in [0, 0.1) is 35.0 Å². The first-order valence-corrected chi connectivity index (χ1v) is 12.6. The van der Waals surface area contributed by atoms with E-state index in [-0.39, 0.29) is 11.8 Å². The van der Waals surface area contributed by atoms with E-state index in [1.54, 1.807) is 0 Å². The molecule has 4 bridgehead atoms. The number of carbonyl (C=O) groups is 2. The van der Waals surface area contributed by atoms with Crippen molar-refractivity contribution in [2.75, 3.05) is 13.2 Å². The maximum atomic E-state index is 13.4. The number of carbonyl (C=O) groups excluding carboxylic acids is 2. The minimum absolute atomic E-state index is 0.0344. The summed E-state index contributed by atoms with van der Waals surface area (Å²) in [5, 5.41) is -4.59. The third-order valence-electron chi connectivity index (χ3n) is 7.82. The minimum Gasteiger partial charge on any atom is -0.465 e. The molecule has 5 fully saturated rings. The summed E-state index contributed by atoms with van der Waals surface area (Å²) in [6.07, 6.45) is 9.08. The van der Waals surface area contributed by atoms with Crippen LogP contribution in [0.15, 0.2) is 0 Å². The lowest BCUT2D eigenvalue weighted by molar-refractivity contribution is -0.171. The normalized spacial score (nSPS) is 37.5. The van der Waals surface area contributed by atoms with E-state index < -0.39 is 45.8 Å². The Bertz CT molecular complexity index is 790. The van der Waals surface area contributed by atoms with Crippen molar-refractivity contribution in [3.8, 4) is 0 Å². The van der Waals surface area contributed by atoms with Gasteiger partial charge in [-0.2, -0.15) is 17.2 Å². The topological polar surface area (TPSA) is 107 Å². The smallest absolute Gasteiger partial charge is 0.402 e. The van der Waals surface area contributed by atoms with Crippen molar-refractivity contribution in [1.29, 1.82) is 0 Å². The predicted molar refractivity (Wildman–Crippen MR) is 104 cm³/mol. The number of hydrogen-bond acceptors (Lipinski definition) is 6. The summed E-state index contributed by atoms with van der Waals surface area (Å²) in [4.78, 5) is 25.2. The van der Waals surface area contributed by atoms with Gasteiger partial charge in [-0.3, -0.25) is 14.1 Å². The lowest BCUT2D eigenvalue weighted by atomic mass is 9.50. The zero-order valence-corrected chi connectivity index (χ0v) is 18.2. The lowest BCUT2D eigenvalue weighted by Gasteiger charge is -2.56. The van der Waals surface area contributed by atoms with E-state index in [2.05, 4.69) is 4.74 Å². The molecule has 0 heterocycles. The Labute approximate surface area is 181 Å². The molecular formula is C21H30F2O7S. The molecule has 176 valence electrons. The molecule has 0 aromatic heterocycles. The minimum atomic E-state index is -5.69. The van der Waals surface area contributed by atoms with Gasteiger partial charge in [0.1, 0.15) is 0 Å². The van der Waals surface area contributed by atoms with Gasteiger partial charge in [-0.1, -0.05) is 12.8 Å². The Balaban J connectivity index is 1.35. The largest absolute Gasteiger partial charge is 0.465 e. The highest BCUT2D eigenvalue weighted by Crippen LogP contribution is 2.60. The molecule has 0 spiro atoms. The van der Waals surface area contributed by atoms with E-state index in [1.807, 2.05) is 0 Å². The van der Waals surface area contributed by atoms with Crippen LogP contribution >= 0.6 is 0 Å². The van der Waals surface area contributed by atoms with Gasteiger partial charge >= 0.3 is 27.3 Å². The van der Waals surface area contributed by atoms with Crippen LogP contribution in [0.1, 0.15) is 64.2 Å². The summed E-state index contributed by atoms with van der Waals surface area (Å²) >= 11 is 0. The molecule has 2 atom stereocenters. The summed E-state index contributed by atoms with van der Waals surface area (Å²) in [7, 11) is -5.69. The van der Waals surface area contributed by atoms with Gasteiger partial charge in [0.15, 0.2) is 6.61 Å². The van der Waals surface area contributed by atoms with E-state index in [1.165, 1.54) is 19.3 Å². The molecular weight excluding hydrogens is 434 g/mol. The van der Waals surface area contributed by atoms with Crippen LogP contribution in [0.2, 0.25) is 0 Å². The summed E-state index contributed by atoms with van der Waals surface area (Å²) in [6, 6.07) is 0. The molecule has 0 amide bonds. The average molecular weight is 465 g/mol. The van der Waals surface area contributed by atoms with Crippen LogP contribution in [0.25, 0.3) is 0 Å². The third kappa shape index (κ3) is 4.74. The average Bonchev–Trinajstić information content (AvgIpc) is 2.68. The Morgan fingerprint density at radius 2 is 1.35 bits per heavy atom. The van der Waals surface area contributed by atoms with Crippen molar-refractivity contribution < 1.29 is 40.8 Å². The number of ether oxygens (including phenoxy) is 2. The lowest BCUT2D eigenvalue weighted by Crippen LogP contribution is -2.49. The van der Waals surface area contributed by atoms with Gasteiger partial charge in [0.25, 0.3) is 0 Å². The molecule has 31 heavy (non-hydrogen) atoms. The number of hydrogen-bond donors (Lipinski definition) is 1. The number of esters is 2. The number of alkyl halides is 2. The van der Waals surface area contributed by atoms with Gasteiger partial charge in [0, 0.05) is 5.41 Å². The molecule has 1 N–H and O–H groups in total. The molecule has 5 aliphatic rings. The first-order valence-electron chi connectivity index (χ1n) is 11.2. The molecule has 10 heteroatoms. The monoisotopic (exact) mass is 464 g/mol. The zero-order valence-electron chi connectivity index (χ0n) is 17.4. The molecule has 7 nitrogen and oxygen atoms in total. The molecule has 2 unspecified atom stereocenters. The van der Waals surface area contributed by atoms with Crippen LogP contribution in [0.5, 0.6) is 0 Å². The SMILES string of the molecule is O=C(OCC12CC3CC(CC(C3)C1)C2)C1CCCCC1C(=O)OCC(F)(F)S(=O)(=O)O. The van der Waals surface area contributed by atoms with E-state index >= 15 is 0 Å². The second-order valence-corrected chi connectivity index (χ2v) is 11.8. The Kier molecular flexibility index (Phi) is 6.09. The van der Waals surface area contributed by atoms with Crippen LogP contribution in [-0.2, 0) is 29.2 Å². The van der Waals surface area contributed by atoms with Gasteiger partial charge < -0.3 is 9.47 Å². The molecule has 0 aliphatic heterocycles. The third-order valence-corrected chi connectivity index (χ3v) is 8.69. The Morgan fingerprint density at radius 3 is 1.81 bits per heavy atom.